The van der Waals surface area contributed by atoms with Crippen molar-refractivity contribution in [3.63, 3.8) is 0 Å². The molecule has 32 heavy (non-hydrogen) atoms. The number of aryl methyl sites for hydroxylation is 1. The quantitative estimate of drug-likeness (QED) is 0.458. The van der Waals surface area contributed by atoms with Gasteiger partial charge in [-0.3, -0.25) is 0 Å². The van der Waals surface area contributed by atoms with Gasteiger partial charge < -0.3 is 9.55 Å². The zero-order valence-electron chi connectivity index (χ0n) is 16.5. The van der Waals surface area contributed by atoms with E-state index in [1.165, 1.54) is 6.33 Å². The van der Waals surface area contributed by atoms with Crippen LogP contribution < -0.4 is 0 Å². The number of nitriles is 1. The number of fused-ring (bicyclic) bond motifs is 2. The summed E-state index contributed by atoms with van der Waals surface area (Å²) >= 11 is 0. The molecule has 1 aliphatic carbocycles. The molecule has 0 radical (unpaired) electrons. The Kier molecular flexibility index (Phi) is 4.63. The Morgan fingerprint density at radius 1 is 1.19 bits per heavy atom. The average Bonchev–Trinajstić information content (AvgIpc) is 3.44. The number of imidazole rings is 1. The molecule has 5 rings (SSSR count). The SMILES string of the molecule is N#Cc1cn([C@@H]2CCc3ccccc3C2C#[N+]c2ncnc3[nH]c(C(F)(F)F)cc23)cn1. The lowest BCUT2D eigenvalue weighted by Gasteiger charge is -2.29. The first-order chi connectivity index (χ1) is 15.4. The largest absolute Gasteiger partial charge is 0.438 e. The van der Waals surface area contributed by atoms with Crippen LogP contribution in [0.1, 0.15) is 40.9 Å². The number of benzene rings is 1. The first kappa shape index (κ1) is 19.8. The fourth-order valence-corrected chi connectivity index (χ4v) is 4.09. The molecule has 1 aromatic carbocycles. The second kappa shape index (κ2) is 7.50. The van der Waals surface area contributed by atoms with Crippen molar-refractivity contribution in [1.82, 2.24) is 24.5 Å². The van der Waals surface area contributed by atoms with Crippen molar-refractivity contribution >= 4 is 16.9 Å². The second-order valence-electron chi connectivity index (χ2n) is 7.48. The fourth-order valence-electron chi connectivity index (χ4n) is 4.09. The van der Waals surface area contributed by atoms with Crippen LogP contribution >= 0.6 is 0 Å². The van der Waals surface area contributed by atoms with Gasteiger partial charge in [0.15, 0.2) is 17.4 Å². The van der Waals surface area contributed by atoms with Crippen LogP contribution in [0.15, 0.2) is 49.2 Å². The smallest absolute Gasteiger partial charge is 0.335 e. The van der Waals surface area contributed by atoms with Crippen LogP contribution in [0.25, 0.3) is 15.9 Å². The van der Waals surface area contributed by atoms with Gasteiger partial charge in [0.1, 0.15) is 23.1 Å². The maximum absolute atomic E-state index is 13.1. The molecule has 3 heterocycles. The summed E-state index contributed by atoms with van der Waals surface area (Å²) in [6, 6.07) is 13.9. The molecule has 7 nitrogen and oxygen atoms in total. The lowest BCUT2D eigenvalue weighted by Crippen LogP contribution is -2.22. The van der Waals surface area contributed by atoms with Crippen molar-refractivity contribution in [2.45, 2.75) is 31.0 Å². The summed E-state index contributed by atoms with van der Waals surface area (Å²) in [5.41, 5.74) is 1.64. The highest BCUT2D eigenvalue weighted by molar-refractivity contribution is 5.88. The Morgan fingerprint density at radius 2 is 2.03 bits per heavy atom. The van der Waals surface area contributed by atoms with Gasteiger partial charge in [-0.1, -0.05) is 24.3 Å². The van der Waals surface area contributed by atoms with Gasteiger partial charge in [-0.2, -0.15) is 28.3 Å². The van der Waals surface area contributed by atoms with Crippen molar-refractivity contribution in [1.29, 1.82) is 5.26 Å². The number of nitrogens with one attached hydrogen (secondary N) is 1. The molecule has 3 aromatic heterocycles. The predicted octanol–water partition coefficient (Wildman–Crippen LogP) is 4.98. The number of halogens is 3. The van der Waals surface area contributed by atoms with Gasteiger partial charge >= 0.3 is 12.0 Å². The van der Waals surface area contributed by atoms with E-state index in [-0.39, 0.29) is 28.8 Å². The number of aromatic nitrogens is 5. The molecule has 2 atom stereocenters. The summed E-state index contributed by atoms with van der Waals surface area (Å²) in [6.07, 6.45) is 1.53. The molecular weight excluding hydrogens is 419 g/mol. The van der Waals surface area contributed by atoms with E-state index in [4.69, 9.17) is 5.26 Å². The van der Waals surface area contributed by atoms with E-state index < -0.39 is 11.9 Å². The minimum Gasteiger partial charge on any atom is -0.335 e. The highest BCUT2D eigenvalue weighted by atomic mass is 19.4. The predicted molar refractivity (Wildman–Crippen MR) is 109 cm³/mol. The molecule has 0 spiro atoms. The van der Waals surface area contributed by atoms with E-state index in [2.05, 4.69) is 30.9 Å². The Hall–Kier alpha value is -4.18. The molecule has 0 fully saturated rings. The molecule has 4 aromatic rings. The highest BCUT2D eigenvalue weighted by Gasteiger charge is 2.35. The first-order valence-corrected chi connectivity index (χ1v) is 9.82. The van der Waals surface area contributed by atoms with Gasteiger partial charge in [-0.05, 0) is 35.0 Å². The van der Waals surface area contributed by atoms with Crippen molar-refractivity contribution in [3.05, 3.63) is 76.5 Å². The van der Waals surface area contributed by atoms with Gasteiger partial charge in [-0.25, -0.2) is 4.98 Å². The Bertz CT molecular complexity index is 1420. The summed E-state index contributed by atoms with van der Waals surface area (Å²) in [5, 5.41) is 9.30. The van der Waals surface area contributed by atoms with Gasteiger partial charge in [0.25, 0.3) is 0 Å². The number of aromatic amines is 1. The van der Waals surface area contributed by atoms with E-state index in [0.29, 0.717) is 5.69 Å². The van der Waals surface area contributed by atoms with E-state index in [0.717, 1.165) is 30.0 Å². The fraction of sp³-hybridized carbons (Fsp3) is 0.227. The molecule has 10 heteroatoms. The van der Waals surface area contributed by atoms with Crippen molar-refractivity contribution in [3.8, 4) is 12.1 Å². The minimum atomic E-state index is -4.53. The van der Waals surface area contributed by atoms with Crippen molar-refractivity contribution in [2.24, 2.45) is 0 Å². The molecule has 1 unspecified atom stereocenters. The monoisotopic (exact) mass is 434 g/mol. The number of H-pyrrole nitrogens is 1. The average molecular weight is 434 g/mol. The van der Waals surface area contributed by atoms with Gasteiger partial charge in [-0.15, -0.1) is 0 Å². The van der Waals surface area contributed by atoms with Crippen LogP contribution in [0.2, 0.25) is 0 Å². The van der Waals surface area contributed by atoms with Crippen LogP contribution in [-0.2, 0) is 12.6 Å². The van der Waals surface area contributed by atoms with E-state index in [1.807, 2.05) is 34.9 Å². The van der Waals surface area contributed by atoms with Crippen LogP contribution in [0.3, 0.4) is 0 Å². The number of nitrogens with zero attached hydrogens (tertiary/aromatic N) is 6. The Balaban J connectivity index is 1.60. The third-order valence-electron chi connectivity index (χ3n) is 5.60. The molecule has 1 aliphatic rings. The third-order valence-corrected chi connectivity index (χ3v) is 5.60. The minimum absolute atomic E-state index is 0.0572. The van der Waals surface area contributed by atoms with Crippen LogP contribution in [0.5, 0.6) is 0 Å². The van der Waals surface area contributed by atoms with Crippen molar-refractivity contribution < 1.29 is 13.2 Å². The summed E-state index contributed by atoms with van der Waals surface area (Å²) in [5.74, 6) is -0.196. The zero-order valence-corrected chi connectivity index (χ0v) is 16.5. The Labute approximate surface area is 180 Å². The van der Waals surface area contributed by atoms with Crippen LogP contribution in [-0.4, -0.2) is 24.5 Å². The molecular formula is C22H15F3N7+. The summed E-state index contributed by atoms with van der Waals surface area (Å²) < 4.78 is 41.2. The Morgan fingerprint density at radius 3 is 2.81 bits per heavy atom. The van der Waals surface area contributed by atoms with Crippen molar-refractivity contribution in [2.75, 3.05) is 0 Å². The second-order valence-corrected chi connectivity index (χ2v) is 7.48. The number of rotatable bonds is 1. The van der Waals surface area contributed by atoms with Gasteiger partial charge in [0, 0.05) is 6.20 Å². The topological polar surface area (TPSA) is 87.5 Å². The maximum atomic E-state index is 13.1. The number of alkyl halides is 3. The first-order valence-electron chi connectivity index (χ1n) is 9.82. The molecule has 0 amide bonds. The lowest BCUT2D eigenvalue weighted by atomic mass is 9.80. The molecule has 0 saturated carbocycles. The van der Waals surface area contributed by atoms with E-state index in [9.17, 15) is 13.2 Å². The third kappa shape index (κ3) is 3.46. The highest BCUT2D eigenvalue weighted by Crippen LogP contribution is 2.40. The number of hydrogen-bond acceptors (Lipinski definition) is 4. The van der Waals surface area contributed by atoms with E-state index in [1.54, 1.807) is 12.5 Å². The number of hydrogen-bond donors (Lipinski definition) is 1. The molecule has 158 valence electrons. The molecule has 0 aliphatic heterocycles. The summed E-state index contributed by atoms with van der Waals surface area (Å²) in [6.45, 7) is 0. The maximum Gasteiger partial charge on any atom is 0.438 e. The molecule has 1 N–H and O–H groups in total. The molecule has 0 bridgehead atoms. The normalized spacial score (nSPS) is 17.9. The summed E-state index contributed by atoms with van der Waals surface area (Å²) in [4.78, 5) is 18.7. The zero-order chi connectivity index (χ0) is 22.3. The summed E-state index contributed by atoms with van der Waals surface area (Å²) in [7, 11) is 0. The van der Waals surface area contributed by atoms with Crippen LogP contribution in [0.4, 0.5) is 19.0 Å². The van der Waals surface area contributed by atoms with Gasteiger partial charge in [0.2, 0.25) is 6.33 Å². The van der Waals surface area contributed by atoms with E-state index >= 15 is 0 Å². The van der Waals surface area contributed by atoms with Gasteiger partial charge in [0.05, 0.1) is 12.4 Å². The standard InChI is InChI=1S/C22H15F3N7/c23-22(24,25)19-7-16-20(28-11-29-21(16)31-19)27-9-17-15-4-2-1-3-13(15)5-6-18(17)32-10-14(8-26)30-12-32/h1-4,7,10-12,17-18H,5-6H2,(H,28,29,31)/q+1/t17?,18-/m1/s1. The van der Waals surface area contributed by atoms with Crippen LogP contribution in [0, 0.1) is 17.4 Å². The molecule has 0 saturated heterocycles. The lowest BCUT2D eigenvalue weighted by molar-refractivity contribution is -0.140.